The standard InChI is InChI=1S/C23H18F6N6O2S2/c24-22(25,26)13-7-12(8-14(9-13)23(27,28)29)17-2-1-16(37-17)10-18-20(36)35(21(38)39-18)15-3-5-34(11-15)6-4-19-30-32-33-31-19/h1-2,7-10,15H,3-6,11H2,(H,30,31,32,33). The summed E-state index contributed by atoms with van der Waals surface area (Å²) < 4.78 is 85.2. The molecule has 39 heavy (non-hydrogen) atoms. The first kappa shape index (κ1) is 27.3. The number of nitrogens with zero attached hydrogens (tertiary/aromatic N) is 5. The number of nitrogens with one attached hydrogen (secondary N) is 1. The molecule has 2 aliphatic heterocycles. The van der Waals surface area contributed by atoms with Crippen molar-refractivity contribution in [2.75, 3.05) is 19.6 Å². The number of alkyl halides is 6. The monoisotopic (exact) mass is 588 g/mol. The molecular formula is C23H18F6N6O2S2. The van der Waals surface area contributed by atoms with E-state index >= 15 is 0 Å². The van der Waals surface area contributed by atoms with Crippen molar-refractivity contribution in [3.05, 3.63) is 57.9 Å². The normalized spacial score (nSPS) is 20.1. The summed E-state index contributed by atoms with van der Waals surface area (Å²) in [6.07, 6.45) is -7.29. The average Bonchev–Trinajstić information content (AvgIpc) is 3.66. The molecule has 0 saturated carbocycles. The van der Waals surface area contributed by atoms with Crippen LogP contribution in [0.4, 0.5) is 26.3 Å². The Morgan fingerprint density at radius 3 is 2.49 bits per heavy atom. The predicted octanol–water partition coefficient (Wildman–Crippen LogP) is 5.02. The van der Waals surface area contributed by atoms with Crippen LogP contribution in [-0.4, -0.2) is 66.3 Å². The van der Waals surface area contributed by atoms with Gasteiger partial charge in [-0.3, -0.25) is 9.69 Å². The van der Waals surface area contributed by atoms with Gasteiger partial charge in [-0.2, -0.15) is 31.6 Å². The zero-order valence-corrected chi connectivity index (χ0v) is 21.3. The number of hydrogen-bond donors (Lipinski definition) is 1. The molecule has 8 nitrogen and oxygen atoms in total. The maximum absolute atomic E-state index is 13.2. The molecule has 2 saturated heterocycles. The number of aromatic amines is 1. The molecule has 2 aromatic heterocycles. The number of rotatable bonds is 6. The van der Waals surface area contributed by atoms with E-state index in [1.54, 1.807) is 0 Å². The molecule has 1 N–H and O–H groups in total. The number of halogens is 6. The number of thiocarbonyl (C=S) groups is 1. The number of thioether (sulfide) groups is 1. The minimum atomic E-state index is -4.98. The number of hydrogen-bond acceptors (Lipinski definition) is 8. The molecule has 0 bridgehead atoms. The lowest BCUT2D eigenvalue weighted by Gasteiger charge is -2.23. The second kappa shape index (κ2) is 10.4. The van der Waals surface area contributed by atoms with E-state index in [1.807, 2.05) is 0 Å². The zero-order valence-electron chi connectivity index (χ0n) is 19.7. The zero-order chi connectivity index (χ0) is 27.9. The number of aromatic nitrogens is 4. The van der Waals surface area contributed by atoms with Gasteiger partial charge in [0.1, 0.15) is 15.8 Å². The quantitative estimate of drug-likeness (QED) is 0.244. The highest BCUT2D eigenvalue weighted by Gasteiger charge is 2.40. The van der Waals surface area contributed by atoms with Crippen LogP contribution in [-0.2, 0) is 23.6 Å². The van der Waals surface area contributed by atoms with Gasteiger partial charge in [0.25, 0.3) is 5.91 Å². The fourth-order valence-corrected chi connectivity index (χ4v) is 5.76. The van der Waals surface area contributed by atoms with Crippen LogP contribution >= 0.6 is 24.0 Å². The third-order valence-electron chi connectivity index (χ3n) is 6.25. The maximum atomic E-state index is 13.2. The Balaban J connectivity index is 1.31. The number of tetrazole rings is 1. The second-order valence-electron chi connectivity index (χ2n) is 8.87. The molecule has 16 heteroatoms. The smallest absolute Gasteiger partial charge is 0.416 e. The Hall–Kier alpha value is -3.24. The van der Waals surface area contributed by atoms with Gasteiger partial charge in [-0.25, -0.2) is 0 Å². The van der Waals surface area contributed by atoms with E-state index in [9.17, 15) is 31.1 Å². The van der Waals surface area contributed by atoms with Crippen LogP contribution in [0.15, 0.2) is 39.7 Å². The molecule has 0 spiro atoms. The van der Waals surface area contributed by atoms with E-state index in [-0.39, 0.29) is 34.4 Å². The van der Waals surface area contributed by atoms with Crippen molar-refractivity contribution in [2.45, 2.75) is 31.2 Å². The van der Waals surface area contributed by atoms with Crippen molar-refractivity contribution >= 4 is 40.3 Å². The van der Waals surface area contributed by atoms with Crippen LogP contribution in [0, 0.1) is 0 Å². The number of H-pyrrole nitrogens is 1. The highest BCUT2D eigenvalue weighted by atomic mass is 32.2. The Morgan fingerprint density at radius 1 is 1.13 bits per heavy atom. The largest absolute Gasteiger partial charge is 0.457 e. The Kier molecular flexibility index (Phi) is 7.28. The SMILES string of the molecule is O=C1C(=Cc2ccc(-c3cc(C(F)(F)F)cc(C(F)(F)F)c3)o2)SC(=S)N1C1CCN(CCc2nn[nH]n2)C1. The van der Waals surface area contributed by atoms with Crippen molar-refractivity contribution < 1.29 is 35.6 Å². The molecule has 1 unspecified atom stereocenters. The molecule has 1 atom stereocenters. The minimum absolute atomic E-state index is 0.0497. The maximum Gasteiger partial charge on any atom is 0.416 e. The molecule has 1 aromatic carbocycles. The van der Waals surface area contributed by atoms with E-state index in [1.165, 1.54) is 23.1 Å². The topological polar surface area (TPSA) is 91.2 Å². The minimum Gasteiger partial charge on any atom is -0.457 e. The van der Waals surface area contributed by atoms with Gasteiger partial charge in [0.05, 0.1) is 22.1 Å². The second-order valence-corrected chi connectivity index (χ2v) is 10.5. The number of benzene rings is 1. The van der Waals surface area contributed by atoms with E-state index in [2.05, 4.69) is 25.5 Å². The van der Waals surface area contributed by atoms with Crippen molar-refractivity contribution in [2.24, 2.45) is 0 Å². The summed E-state index contributed by atoms with van der Waals surface area (Å²) in [6.45, 7) is 2.03. The Labute approximate surface area is 226 Å². The van der Waals surface area contributed by atoms with Crippen LogP contribution in [0.1, 0.15) is 29.1 Å². The summed E-state index contributed by atoms with van der Waals surface area (Å²) >= 11 is 6.48. The lowest BCUT2D eigenvalue weighted by atomic mass is 10.0. The van der Waals surface area contributed by atoms with Gasteiger partial charge in [-0.05, 0) is 36.8 Å². The molecule has 5 rings (SSSR count). The summed E-state index contributed by atoms with van der Waals surface area (Å²) in [5, 5.41) is 13.8. The Morgan fingerprint density at radius 2 is 1.85 bits per heavy atom. The van der Waals surface area contributed by atoms with Crippen LogP contribution in [0.25, 0.3) is 17.4 Å². The van der Waals surface area contributed by atoms with Crippen molar-refractivity contribution in [1.29, 1.82) is 0 Å². The van der Waals surface area contributed by atoms with Crippen LogP contribution < -0.4 is 0 Å². The number of carbonyl (C=O) groups is 1. The highest BCUT2D eigenvalue weighted by molar-refractivity contribution is 8.26. The molecule has 0 radical (unpaired) electrons. The first-order valence-electron chi connectivity index (χ1n) is 11.5. The van der Waals surface area contributed by atoms with Gasteiger partial charge in [-0.1, -0.05) is 29.2 Å². The lowest BCUT2D eigenvalue weighted by molar-refractivity contribution is -0.143. The summed E-state index contributed by atoms with van der Waals surface area (Å²) in [6, 6.07) is 3.69. The molecule has 0 aliphatic carbocycles. The first-order valence-corrected chi connectivity index (χ1v) is 12.7. The highest BCUT2D eigenvalue weighted by Crippen LogP contribution is 2.40. The third kappa shape index (κ3) is 6.01. The fraction of sp³-hybridized carbons (Fsp3) is 0.348. The van der Waals surface area contributed by atoms with E-state index in [0.29, 0.717) is 48.2 Å². The fourth-order valence-electron chi connectivity index (χ4n) is 4.38. The van der Waals surface area contributed by atoms with Gasteiger partial charge in [0.2, 0.25) is 0 Å². The van der Waals surface area contributed by atoms with Crippen LogP contribution in [0.5, 0.6) is 0 Å². The van der Waals surface area contributed by atoms with Crippen molar-refractivity contribution in [3.63, 3.8) is 0 Å². The van der Waals surface area contributed by atoms with Crippen molar-refractivity contribution in [3.8, 4) is 11.3 Å². The molecule has 206 valence electrons. The number of amides is 1. The molecule has 1 amide bonds. The molecule has 2 fully saturated rings. The molecule has 3 aromatic rings. The first-order chi connectivity index (χ1) is 18.4. The van der Waals surface area contributed by atoms with Gasteiger partial charge in [0, 0.05) is 37.7 Å². The van der Waals surface area contributed by atoms with Crippen LogP contribution in [0.2, 0.25) is 0 Å². The molecule has 2 aliphatic rings. The number of likely N-dealkylation sites (tertiary alicyclic amines) is 1. The predicted molar refractivity (Wildman–Crippen MR) is 132 cm³/mol. The van der Waals surface area contributed by atoms with E-state index < -0.39 is 29.0 Å². The number of carbonyl (C=O) groups excluding carboxylic acids is 1. The summed E-state index contributed by atoms with van der Waals surface area (Å²) in [5.74, 6) is 0.127. The van der Waals surface area contributed by atoms with Gasteiger partial charge in [0.15, 0.2) is 5.82 Å². The third-order valence-corrected chi connectivity index (χ3v) is 7.58. The van der Waals surface area contributed by atoms with Gasteiger partial charge >= 0.3 is 12.4 Å². The summed E-state index contributed by atoms with van der Waals surface area (Å²) in [5.41, 5.74) is -3.29. The average molecular weight is 589 g/mol. The van der Waals surface area contributed by atoms with Crippen molar-refractivity contribution in [1.82, 2.24) is 30.4 Å². The van der Waals surface area contributed by atoms with Gasteiger partial charge < -0.3 is 9.32 Å². The van der Waals surface area contributed by atoms with E-state index in [4.69, 9.17) is 16.6 Å². The molecular weight excluding hydrogens is 570 g/mol. The van der Waals surface area contributed by atoms with E-state index in [0.717, 1.165) is 18.3 Å². The molecule has 4 heterocycles. The number of furan rings is 1. The lowest BCUT2D eigenvalue weighted by Crippen LogP contribution is -2.40. The summed E-state index contributed by atoms with van der Waals surface area (Å²) in [4.78, 5) is 17.1. The summed E-state index contributed by atoms with van der Waals surface area (Å²) in [7, 11) is 0. The van der Waals surface area contributed by atoms with Crippen LogP contribution in [0.3, 0.4) is 0 Å². The van der Waals surface area contributed by atoms with Gasteiger partial charge in [-0.15, -0.1) is 10.2 Å². The Bertz CT molecular complexity index is 1390.